The second-order valence-corrected chi connectivity index (χ2v) is 12.1. The molecule has 0 aliphatic rings. The van der Waals surface area contributed by atoms with Crippen molar-refractivity contribution < 1.29 is 0 Å². The Labute approximate surface area is 268 Å². The molecule has 0 aromatic heterocycles. The van der Waals surface area contributed by atoms with Crippen molar-refractivity contribution in [3.63, 3.8) is 0 Å². The molecule has 46 heavy (non-hydrogen) atoms. The van der Waals surface area contributed by atoms with Crippen LogP contribution in [0.25, 0.3) is 87.6 Å². The predicted octanol–water partition coefficient (Wildman–Crippen LogP) is 13.0. The van der Waals surface area contributed by atoms with E-state index in [1.54, 1.807) is 0 Å². The van der Waals surface area contributed by atoms with Crippen LogP contribution in [0.3, 0.4) is 0 Å². The fourth-order valence-electron chi connectivity index (χ4n) is 7.35. The van der Waals surface area contributed by atoms with Crippen LogP contribution in [0, 0.1) is 0 Å². The lowest BCUT2D eigenvalue weighted by atomic mass is 9.82. The van der Waals surface area contributed by atoms with Crippen LogP contribution in [-0.2, 0) is 0 Å². The van der Waals surface area contributed by atoms with E-state index in [0.717, 1.165) is 0 Å². The number of hydrogen-bond donors (Lipinski definition) is 0. The first-order valence-corrected chi connectivity index (χ1v) is 15.9. The van der Waals surface area contributed by atoms with Crippen LogP contribution >= 0.6 is 0 Å². The molecule has 0 aliphatic heterocycles. The average molecular weight is 583 g/mol. The van der Waals surface area contributed by atoms with E-state index >= 15 is 0 Å². The van der Waals surface area contributed by atoms with Gasteiger partial charge in [0, 0.05) is 0 Å². The highest BCUT2D eigenvalue weighted by atomic mass is 14.2. The van der Waals surface area contributed by atoms with Crippen LogP contribution in [0.1, 0.15) is 0 Å². The van der Waals surface area contributed by atoms with Gasteiger partial charge in [-0.25, -0.2) is 0 Å². The average Bonchev–Trinajstić information content (AvgIpc) is 3.14. The van der Waals surface area contributed by atoms with E-state index in [1.165, 1.54) is 87.6 Å². The van der Waals surface area contributed by atoms with E-state index in [4.69, 9.17) is 0 Å². The Bertz CT molecular complexity index is 2560. The van der Waals surface area contributed by atoms with Crippen molar-refractivity contribution in [2.24, 2.45) is 0 Å². The maximum atomic E-state index is 2.37. The third-order valence-electron chi connectivity index (χ3n) is 9.43. The zero-order chi connectivity index (χ0) is 30.5. The van der Waals surface area contributed by atoms with Crippen LogP contribution in [0.2, 0.25) is 0 Å². The number of benzene rings is 9. The molecule has 0 N–H and O–H groups in total. The Balaban J connectivity index is 1.43. The topological polar surface area (TPSA) is 0 Å². The van der Waals surface area contributed by atoms with Gasteiger partial charge < -0.3 is 0 Å². The van der Waals surface area contributed by atoms with E-state index in [1.807, 2.05) is 0 Å². The molecule has 0 saturated carbocycles. The van der Waals surface area contributed by atoms with E-state index in [9.17, 15) is 0 Å². The maximum absolute atomic E-state index is 2.37. The molecule has 0 heterocycles. The van der Waals surface area contributed by atoms with Gasteiger partial charge in [-0.05, 0) is 99.7 Å². The minimum Gasteiger partial charge on any atom is -0.0622 e. The highest BCUT2D eigenvalue weighted by molar-refractivity contribution is 6.30. The van der Waals surface area contributed by atoms with Gasteiger partial charge in [0.25, 0.3) is 0 Å². The highest BCUT2D eigenvalue weighted by Crippen LogP contribution is 2.47. The lowest BCUT2D eigenvalue weighted by Gasteiger charge is -2.20. The summed E-state index contributed by atoms with van der Waals surface area (Å²) in [6, 6.07) is 66.5. The van der Waals surface area contributed by atoms with Gasteiger partial charge in [-0.3, -0.25) is 0 Å². The summed E-state index contributed by atoms with van der Waals surface area (Å²) in [5, 5.41) is 10.2. The smallest absolute Gasteiger partial charge is 0.00139 e. The molecule has 214 valence electrons. The molecule has 0 unspecified atom stereocenters. The summed E-state index contributed by atoms with van der Waals surface area (Å²) in [7, 11) is 0. The van der Waals surface area contributed by atoms with Crippen molar-refractivity contribution in [1.29, 1.82) is 0 Å². The Morgan fingerprint density at radius 1 is 0.217 bits per heavy atom. The van der Waals surface area contributed by atoms with E-state index in [2.05, 4.69) is 182 Å². The monoisotopic (exact) mass is 582 g/mol. The van der Waals surface area contributed by atoms with Crippen LogP contribution in [0.4, 0.5) is 0 Å². The Kier molecular flexibility index (Phi) is 6.25. The number of rotatable bonds is 4. The lowest BCUT2D eigenvalue weighted by Crippen LogP contribution is -1.93. The molecule has 9 rings (SSSR count). The lowest BCUT2D eigenvalue weighted by molar-refractivity contribution is 1.60. The Hall–Kier alpha value is -5.98. The standard InChI is InChI=1S/C46H30/c1-3-13-31(14-4-1)34-18-11-20-36(29-34)44-40-23-9-10-24-41(40)45(37-21-12-19-35(30-37)32-15-5-2-6-16-32)46-42-26-25-33-17-7-8-22-38(33)39(42)27-28-43(44)46/h1-30H. The van der Waals surface area contributed by atoms with Gasteiger partial charge in [-0.1, -0.05) is 170 Å². The molecule has 0 bridgehead atoms. The van der Waals surface area contributed by atoms with Crippen LogP contribution in [-0.4, -0.2) is 0 Å². The Morgan fingerprint density at radius 3 is 1.33 bits per heavy atom. The van der Waals surface area contributed by atoms with Crippen molar-refractivity contribution in [3.8, 4) is 44.5 Å². The highest BCUT2D eigenvalue weighted by Gasteiger charge is 2.20. The molecular weight excluding hydrogens is 553 g/mol. The van der Waals surface area contributed by atoms with Crippen molar-refractivity contribution in [1.82, 2.24) is 0 Å². The number of hydrogen-bond acceptors (Lipinski definition) is 0. The second kappa shape index (κ2) is 10.9. The quantitative estimate of drug-likeness (QED) is 0.143. The molecule has 0 aliphatic carbocycles. The zero-order valence-corrected chi connectivity index (χ0v) is 25.3. The fourth-order valence-corrected chi connectivity index (χ4v) is 7.35. The second-order valence-electron chi connectivity index (χ2n) is 12.1. The van der Waals surface area contributed by atoms with E-state index < -0.39 is 0 Å². The summed E-state index contributed by atoms with van der Waals surface area (Å²) < 4.78 is 0. The fraction of sp³-hybridized carbons (Fsp3) is 0. The van der Waals surface area contributed by atoms with Gasteiger partial charge in [-0.15, -0.1) is 0 Å². The van der Waals surface area contributed by atoms with Crippen molar-refractivity contribution in [2.45, 2.75) is 0 Å². The molecule has 0 amide bonds. The van der Waals surface area contributed by atoms with Crippen molar-refractivity contribution >= 4 is 43.1 Å². The van der Waals surface area contributed by atoms with Gasteiger partial charge in [0.1, 0.15) is 0 Å². The van der Waals surface area contributed by atoms with Gasteiger partial charge in [0.2, 0.25) is 0 Å². The summed E-state index contributed by atoms with van der Waals surface area (Å²) in [5.41, 5.74) is 9.92. The molecular formula is C46H30. The van der Waals surface area contributed by atoms with Gasteiger partial charge in [0.05, 0.1) is 0 Å². The van der Waals surface area contributed by atoms with Gasteiger partial charge in [-0.2, -0.15) is 0 Å². The van der Waals surface area contributed by atoms with Gasteiger partial charge in [0.15, 0.2) is 0 Å². The van der Waals surface area contributed by atoms with Crippen LogP contribution in [0.15, 0.2) is 182 Å². The molecule has 0 saturated heterocycles. The maximum Gasteiger partial charge on any atom is -0.00139 e. The molecule has 9 aromatic rings. The normalized spacial score (nSPS) is 11.5. The first-order chi connectivity index (χ1) is 22.8. The molecule has 0 heteroatoms. The SMILES string of the molecule is c1ccc(-c2cccc(-c3c4ccccc4c(-c4cccc(-c5ccccc5)c4)c4c3ccc3c5ccccc5ccc34)c2)cc1. The largest absolute Gasteiger partial charge is 0.0622 e. The van der Waals surface area contributed by atoms with Crippen molar-refractivity contribution in [2.75, 3.05) is 0 Å². The van der Waals surface area contributed by atoms with Crippen LogP contribution < -0.4 is 0 Å². The van der Waals surface area contributed by atoms with E-state index in [-0.39, 0.29) is 0 Å². The summed E-state index contributed by atoms with van der Waals surface area (Å²) in [4.78, 5) is 0. The molecule has 0 nitrogen and oxygen atoms in total. The number of fused-ring (bicyclic) bond motifs is 6. The molecule has 9 aromatic carbocycles. The Morgan fingerprint density at radius 2 is 0.674 bits per heavy atom. The predicted molar refractivity (Wildman–Crippen MR) is 198 cm³/mol. The molecule has 0 spiro atoms. The first-order valence-electron chi connectivity index (χ1n) is 15.9. The summed E-state index contributed by atoms with van der Waals surface area (Å²) >= 11 is 0. The molecule has 0 fully saturated rings. The van der Waals surface area contributed by atoms with Gasteiger partial charge >= 0.3 is 0 Å². The van der Waals surface area contributed by atoms with Crippen LogP contribution in [0.5, 0.6) is 0 Å². The third-order valence-corrected chi connectivity index (χ3v) is 9.43. The minimum atomic E-state index is 1.22. The third kappa shape index (κ3) is 4.30. The summed E-state index contributed by atoms with van der Waals surface area (Å²) in [6.07, 6.45) is 0. The first kappa shape index (κ1) is 26.4. The van der Waals surface area contributed by atoms with Crippen molar-refractivity contribution in [3.05, 3.63) is 182 Å². The van der Waals surface area contributed by atoms with E-state index in [0.29, 0.717) is 0 Å². The summed E-state index contributed by atoms with van der Waals surface area (Å²) in [6.45, 7) is 0. The molecule has 0 atom stereocenters. The molecule has 0 radical (unpaired) electrons. The zero-order valence-electron chi connectivity index (χ0n) is 25.3. The summed E-state index contributed by atoms with van der Waals surface area (Å²) in [5.74, 6) is 0. The minimum absolute atomic E-state index is 1.22.